The fraction of sp³-hybridized carbons (Fsp3) is 0.391. The Morgan fingerprint density at radius 3 is 2.65 bits per heavy atom. The minimum Gasteiger partial charge on any atom is -0.493 e. The van der Waals surface area contributed by atoms with E-state index >= 15 is 0 Å². The maximum atomic E-state index is 13.1. The van der Waals surface area contributed by atoms with Crippen LogP contribution in [0.5, 0.6) is 5.75 Å². The average molecular weight is 431 g/mol. The van der Waals surface area contributed by atoms with Crippen molar-refractivity contribution in [3.63, 3.8) is 0 Å². The van der Waals surface area contributed by atoms with Crippen LogP contribution in [0, 0.1) is 0 Å². The van der Waals surface area contributed by atoms with Crippen molar-refractivity contribution in [2.75, 3.05) is 6.61 Å². The molecule has 1 atom stereocenters. The van der Waals surface area contributed by atoms with Gasteiger partial charge in [-0.1, -0.05) is 29.4 Å². The van der Waals surface area contributed by atoms with Gasteiger partial charge in [0.05, 0.1) is 24.3 Å². The Balaban J connectivity index is 1.55. The Labute approximate surface area is 178 Å². The Kier molecular flexibility index (Phi) is 6.00. The standard InChI is InChI=1S/C23H24F3N3O2/c1-3-30-20-10-5-4-9-19(20)22-27-21(31-28-22)14-29(18-11-12-18)15(2)16-7-6-8-17(13-16)23(24,25)26/h4-10,13,15,18H,3,11-12,14H2,1-2H3. The first-order valence-electron chi connectivity index (χ1n) is 10.3. The number of halogens is 3. The zero-order valence-corrected chi connectivity index (χ0v) is 17.4. The van der Waals surface area contributed by atoms with Crippen molar-refractivity contribution in [2.45, 2.75) is 51.5 Å². The molecule has 4 rings (SSSR count). The van der Waals surface area contributed by atoms with Crippen molar-refractivity contribution < 1.29 is 22.4 Å². The second-order valence-electron chi connectivity index (χ2n) is 7.64. The lowest BCUT2D eigenvalue weighted by Crippen LogP contribution is -2.29. The number of para-hydroxylation sites is 1. The molecule has 0 N–H and O–H groups in total. The van der Waals surface area contributed by atoms with Gasteiger partial charge < -0.3 is 9.26 Å². The van der Waals surface area contributed by atoms with E-state index in [-0.39, 0.29) is 12.1 Å². The Bertz CT molecular complexity index is 1030. The molecule has 0 bridgehead atoms. The second-order valence-corrected chi connectivity index (χ2v) is 7.64. The van der Waals surface area contributed by atoms with Crippen molar-refractivity contribution >= 4 is 0 Å². The van der Waals surface area contributed by atoms with Crippen molar-refractivity contribution in [1.82, 2.24) is 15.0 Å². The van der Waals surface area contributed by atoms with Crippen LogP contribution in [0.15, 0.2) is 53.1 Å². The maximum absolute atomic E-state index is 13.1. The Hall–Kier alpha value is -2.87. The van der Waals surface area contributed by atoms with Crippen LogP contribution in [-0.2, 0) is 12.7 Å². The molecule has 1 saturated carbocycles. The largest absolute Gasteiger partial charge is 0.493 e. The van der Waals surface area contributed by atoms with Gasteiger partial charge in [-0.25, -0.2) is 0 Å². The molecular formula is C23H24F3N3O2. The quantitative estimate of drug-likeness (QED) is 0.446. The van der Waals surface area contributed by atoms with E-state index in [9.17, 15) is 13.2 Å². The maximum Gasteiger partial charge on any atom is 0.416 e. The molecule has 1 aliphatic rings. The van der Waals surface area contributed by atoms with Crippen LogP contribution in [-0.4, -0.2) is 27.7 Å². The fourth-order valence-electron chi connectivity index (χ4n) is 3.67. The Morgan fingerprint density at radius 2 is 1.94 bits per heavy atom. The van der Waals surface area contributed by atoms with E-state index in [4.69, 9.17) is 9.26 Å². The number of ether oxygens (including phenoxy) is 1. The summed E-state index contributed by atoms with van der Waals surface area (Å²) >= 11 is 0. The molecule has 3 aromatic rings. The minimum atomic E-state index is -4.37. The van der Waals surface area contributed by atoms with E-state index in [2.05, 4.69) is 15.0 Å². The summed E-state index contributed by atoms with van der Waals surface area (Å²) in [6.07, 6.45) is -2.37. The number of hydrogen-bond acceptors (Lipinski definition) is 5. The van der Waals surface area contributed by atoms with E-state index in [1.54, 1.807) is 6.07 Å². The van der Waals surface area contributed by atoms with E-state index in [1.165, 1.54) is 12.1 Å². The molecule has 1 heterocycles. The number of aromatic nitrogens is 2. The lowest BCUT2D eigenvalue weighted by molar-refractivity contribution is -0.137. The molecule has 1 aromatic heterocycles. The Morgan fingerprint density at radius 1 is 1.16 bits per heavy atom. The van der Waals surface area contributed by atoms with Gasteiger partial charge >= 0.3 is 6.18 Å². The molecule has 0 amide bonds. The van der Waals surface area contributed by atoms with Crippen LogP contribution >= 0.6 is 0 Å². The van der Waals surface area contributed by atoms with Crippen LogP contribution in [0.25, 0.3) is 11.4 Å². The third-order valence-corrected chi connectivity index (χ3v) is 5.42. The van der Waals surface area contributed by atoms with Crippen LogP contribution < -0.4 is 4.74 Å². The topological polar surface area (TPSA) is 51.4 Å². The molecule has 2 aromatic carbocycles. The number of nitrogens with zero attached hydrogens (tertiary/aromatic N) is 3. The summed E-state index contributed by atoms with van der Waals surface area (Å²) in [5, 5.41) is 4.10. The van der Waals surface area contributed by atoms with E-state index < -0.39 is 11.7 Å². The van der Waals surface area contributed by atoms with Gasteiger partial charge in [0.15, 0.2) is 0 Å². The zero-order chi connectivity index (χ0) is 22.0. The van der Waals surface area contributed by atoms with Crippen molar-refractivity contribution in [2.24, 2.45) is 0 Å². The first-order chi connectivity index (χ1) is 14.9. The molecular weight excluding hydrogens is 407 g/mol. The highest BCUT2D eigenvalue weighted by atomic mass is 19.4. The predicted octanol–water partition coefficient (Wildman–Crippen LogP) is 5.88. The summed E-state index contributed by atoms with van der Waals surface area (Å²) in [6, 6.07) is 13.0. The van der Waals surface area contributed by atoms with Gasteiger partial charge in [0.2, 0.25) is 11.7 Å². The van der Waals surface area contributed by atoms with Crippen LogP contribution in [0.2, 0.25) is 0 Å². The highest BCUT2D eigenvalue weighted by Crippen LogP contribution is 2.38. The van der Waals surface area contributed by atoms with E-state index in [0.29, 0.717) is 36.2 Å². The van der Waals surface area contributed by atoms with Gasteiger partial charge in [0, 0.05) is 12.1 Å². The molecule has 31 heavy (non-hydrogen) atoms. The number of alkyl halides is 3. The molecule has 0 spiro atoms. The van der Waals surface area contributed by atoms with Gasteiger partial charge in [-0.05, 0) is 56.5 Å². The van der Waals surface area contributed by atoms with E-state index in [0.717, 1.165) is 24.5 Å². The summed E-state index contributed by atoms with van der Waals surface area (Å²) in [5.74, 6) is 1.53. The summed E-state index contributed by atoms with van der Waals surface area (Å²) in [5.41, 5.74) is 0.714. The summed E-state index contributed by atoms with van der Waals surface area (Å²) < 4.78 is 50.6. The third-order valence-electron chi connectivity index (χ3n) is 5.42. The minimum absolute atomic E-state index is 0.221. The van der Waals surface area contributed by atoms with Gasteiger partial charge in [-0.15, -0.1) is 0 Å². The first-order valence-corrected chi connectivity index (χ1v) is 10.3. The number of hydrogen-bond donors (Lipinski definition) is 0. The molecule has 0 radical (unpaired) electrons. The van der Waals surface area contributed by atoms with Crippen LogP contribution in [0.4, 0.5) is 13.2 Å². The molecule has 1 aliphatic carbocycles. The summed E-state index contributed by atoms with van der Waals surface area (Å²) in [6.45, 7) is 4.70. The van der Waals surface area contributed by atoms with Gasteiger partial charge in [0.25, 0.3) is 0 Å². The lowest BCUT2D eigenvalue weighted by Gasteiger charge is -2.28. The highest BCUT2D eigenvalue weighted by Gasteiger charge is 2.35. The monoisotopic (exact) mass is 431 g/mol. The molecule has 0 saturated heterocycles. The van der Waals surface area contributed by atoms with Crippen molar-refractivity contribution in [1.29, 1.82) is 0 Å². The van der Waals surface area contributed by atoms with Crippen molar-refractivity contribution in [3.8, 4) is 17.1 Å². The normalized spacial score (nSPS) is 15.3. The van der Waals surface area contributed by atoms with Crippen molar-refractivity contribution in [3.05, 3.63) is 65.5 Å². The molecule has 8 heteroatoms. The third kappa shape index (κ3) is 4.90. The van der Waals surface area contributed by atoms with Crippen LogP contribution in [0.1, 0.15) is 49.7 Å². The molecule has 0 aliphatic heterocycles. The van der Waals surface area contributed by atoms with Crippen LogP contribution in [0.3, 0.4) is 0 Å². The zero-order valence-electron chi connectivity index (χ0n) is 17.4. The summed E-state index contributed by atoms with van der Waals surface area (Å²) in [4.78, 5) is 6.65. The molecule has 1 unspecified atom stereocenters. The van der Waals surface area contributed by atoms with Gasteiger partial charge in [-0.2, -0.15) is 18.2 Å². The van der Waals surface area contributed by atoms with E-state index in [1.807, 2.05) is 38.1 Å². The number of benzene rings is 2. The fourth-order valence-corrected chi connectivity index (χ4v) is 3.67. The molecule has 164 valence electrons. The highest BCUT2D eigenvalue weighted by molar-refractivity contribution is 5.63. The van der Waals surface area contributed by atoms with Gasteiger partial charge in [-0.3, -0.25) is 4.90 Å². The second kappa shape index (κ2) is 8.70. The lowest BCUT2D eigenvalue weighted by atomic mass is 10.0. The molecule has 5 nitrogen and oxygen atoms in total. The SMILES string of the molecule is CCOc1ccccc1-c1noc(CN(C2CC2)C(C)c2cccc(C(F)(F)F)c2)n1. The first kappa shape index (κ1) is 21.4. The number of rotatable bonds is 8. The average Bonchev–Trinajstić information content (AvgIpc) is 3.49. The summed E-state index contributed by atoms with van der Waals surface area (Å²) in [7, 11) is 0. The van der Waals surface area contributed by atoms with Gasteiger partial charge in [0.1, 0.15) is 5.75 Å². The molecule has 1 fully saturated rings. The predicted molar refractivity (Wildman–Crippen MR) is 109 cm³/mol. The smallest absolute Gasteiger partial charge is 0.416 e.